The minimum atomic E-state index is -0.534. The second kappa shape index (κ2) is 6.26. The Morgan fingerprint density at radius 2 is 2.22 bits per heavy atom. The lowest BCUT2D eigenvalue weighted by atomic mass is 10.2. The van der Waals surface area contributed by atoms with Crippen molar-refractivity contribution in [3.05, 3.63) is 5.82 Å². The van der Waals surface area contributed by atoms with Crippen molar-refractivity contribution in [1.29, 1.82) is 0 Å². The number of hydrogen-bond donors (Lipinski definition) is 2. The molecular formula is C9H18N6O3. The van der Waals surface area contributed by atoms with E-state index in [4.69, 9.17) is 10.6 Å². The number of alkyl carbamates (subject to hydrolysis) is 1. The SMILES string of the molecule is CC(C)(C)OC(=O)NCc1nnn(CCON)n1. The van der Waals surface area contributed by atoms with E-state index in [0.717, 1.165) is 0 Å². The van der Waals surface area contributed by atoms with Gasteiger partial charge < -0.3 is 14.9 Å². The lowest BCUT2D eigenvalue weighted by molar-refractivity contribution is 0.0522. The molecule has 1 aromatic heterocycles. The van der Waals surface area contributed by atoms with Gasteiger partial charge >= 0.3 is 6.09 Å². The summed E-state index contributed by atoms with van der Waals surface area (Å²) in [6, 6.07) is 0. The topological polar surface area (TPSA) is 117 Å². The molecule has 1 aromatic rings. The van der Waals surface area contributed by atoms with E-state index in [-0.39, 0.29) is 13.2 Å². The average Bonchev–Trinajstić information content (AvgIpc) is 2.69. The fourth-order valence-electron chi connectivity index (χ4n) is 1.04. The zero-order valence-corrected chi connectivity index (χ0v) is 10.7. The van der Waals surface area contributed by atoms with Gasteiger partial charge in [0, 0.05) is 0 Å². The van der Waals surface area contributed by atoms with E-state index < -0.39 is 11.7 Å². The molecule has 0 atom stereocenters. The van der Waals surface area contributed by atoms with Crippen molar-refractivity contribution in [2.45, 2.75) is 39.5 Å². The molecule has 3 N–H and O–H groups in total. The number of hydrogen-bond acceptors (Lipinski definition) is 7. The van der Waals surface area contributed by atoms with Gasteiger partial charge in [-0.05, 0) is 26.0 Å². The highest BCUT2D eigenvalue weighted by Gasteiger charge is 2.16. The number of rotatable bonds is 5. The highest BCUT2D eigenvalue weighted by atomic mass is 16.6. The molecule has 1 heterocycles. The van der Waals surface area contributed by atoms with Crippen molar-refractivity contribution in [3.8, 4) is 0 Å². The summed E-state index contributed by atoms with van der Waals surface area (Å²) in [6.45, 7) is 6.19. The molecule has 9 heteroatoms. The third kappa shape index (κ3) is 5.55. The standard InChI is InChI=1S/C9H18N6O3/c1-9(2,3)18-8(16)11-6-7-12-14-15(13-7)4-5-17-10/h4-6,10H2,1-3H3,(H,11,16). The predicted molar refractivity (Wildman–Crippen MR) is 61.0 cm³/mol. The van der Waals surface area contributed by atoms with Gasteiger partial charge in [-0.2, -0.15) is 4.80 Å². The quantitative estimate of drug-likeness (QED) is 0.689. The van der Waals surface area contributed by atoms with Crippen molar-refractivity contribution < 1.29 is 14.4 Å². The van der Waals surface area contributed by atoms with Crippen LogP contribution in [0.1, 0.15) is 26.6 Å². The van der Waals surface area contributed by atoms with Crippen LogP contribution in [0.5, 0.6) is 0 Å². The smallest absolute Gasteiger partial charge is 0.408 e. The molecular weight excluding hydrogens is 240 g/mol. The molecule has 0 unspecified atom stereocenters. The Morgan fingerprint density at radius 3 is 2.83 bits per heavy atom. The minimum absolute atomic E-state index is 0.151. The molecule has 18 heavy (non-hydrogen) atoms. The van der Waals surface area contributed by atoms with Crippen molar-refractivity contribution in [1.82, 2.24) is 25.5 Å². The van der Waals surface area contributed by atoms with E-state index in [0.29, 0.717) is 12.4 Å². The monoisotopic (exact) mass is 258 g/mol. The number of ether oxygens (including phenoxy) is 1. The maximum Gasteiger partial charge on any atom is 0.408 e. The van der Waals surface area contributed by atoms with Crippen LogP contribution in [-0.2, 0) is 22.7 Å². The normalized spacial score (nSPS) is 11.3. The molecule has 0 bridgehead atoms. The zero-order chi connectivity index (χ0) is 13.6. The van der Waals surface area contributed by atoms with Gasteiger partial charge in [0.25, 0.3) is 0 Å². The Morgan fingerprint density at radius 1 is 1.50 bits per heavy atom. The molecule has 0 saturated heterocycles. The molecule has 0 aliphatic heterocycles. The molecule has 0 fully saturated rings. The number of aromatic nitrogens is 4. The highest BCUT2D eigenvalue weighted by Crippen LogP contribution is 2.06. The van der Waals surface area contributed by atoms with Gasteiger partial charge in [0.15, 0.2) is 5.82 Å². The largest absolute Gasteiger partial charge is 0.444 e. The number of carbonyl (C=O) groups is 1. The first kappa shape index (κ1) is 14.3. The maximum absolute atomic E-state index is 11.4. The molecule has 0 aliphatic carbocycles. The number of nitrogens with zero attached hydrogens (tertiary/aromatic N) is 4. The van der Waals surface area contributed by atoms with Gasteiger partial charge in [0.2, 0.25) is 0 Å². The molecule has 1 rings (SSSR count). The molecule has 0 spiro atoms. The molecule has 1 amide bonds. The number of tetrazole rings is 1. The first-order valence-electron chi connectivity index (χ1n) is 5.46. The Kier molecular flexibility index (Phi) is 4.98. The van der Waals surface area contributed by atoms with E-state index in [1.807, 2.05) is 0 Å². The van der Waals surface area contributed by atoms with Gasteiger partial charge in [0.05, 0.1) is 19.7 Å². The van der Waals surface area contributed by atoms with Crippen LogP contribution in [-0.4, -0.2) is 38.5 Å². The third-order valence-electron chi connectivity index (χ3n) is 1.69. The molecule has 0 saturated carbocycles. The van der Waals surface area contributed by atoms with E-state index >= 15 is 0 Å². The van der Waals surface area contributed by atoms with Crippen molar-refractivity contribution >= 4 is 6.09 Å². The Hall–Kier alpha value is -1.74. The molecule has 9 nitrogen and oxygen atoms in total. The zero-order valence-electron chi connectivity index (χ0n) is 10.7. The number of amides is 1. The van der Waals surface area contributed by atoms with Gasteiger partial charge in [-0.3, -0.25) is 0 Å². The Labute approximate surface area is 105 Å². The summed E-state index contributed by atoms with van der Waals surface area (Å²) >= 11 is 0. The van der Waals surface area contributed by atoms with E-state index in [9.17, 15) is 4.79 Å². The molecule has 0 aromatic carbocycles. The predicted octanol–water partition coefficient (Wildman–Crippen LogP) is -0.412. The van der Waals surface area contributed by atoms with Crippen LogP contribution in [0.4, 0.5) is 4.79 Å². The number of nitrogens with two attached hydrogens (primary N) is 1. The summed E-state index contributed by atoms with van der Waals surface area (Å²) in [5, 5.41) is 14.0. The van der Waals surface area contributed by atoms with Crippen LogP contribution in [0.2, 0.25) is 0 Å². The highest BCUT2D eigenvalue weighted by molar-refractivity contribution is 5.67. The maximum atomic E-state index is 11.4. The van der Waals surface area contributed by atoms with Crippen LogP contribution in [0.15, 0.2) is 0 Å². The van der Waals surface area contributed by atoms with E-state index in [1.54, 1.807) is 20.8 Å². The van der Waals surface area contributed by atoms with Crippen molar-refractivity contribution in [3.63, 3.8) is 0 Å². The summed E-state index contributed by atoms with van der Waals surface area (Å²) in [5.41, 5.74) is -0.534. The van der Waals surface area contributed by atoms with Crippen LogP contribution in [0.3, 0.4) is 0 Å². The van der Waals surface area contributed by atoms with Crippen LogP contribution in [0.25, 0.3) is 0 Å². The average molecular weight is 258 g/mol. The first-order chi connectivity index (χ1) is 8.40. The van der Waals surface area contributed by atoms with Gasteiger partial charge in [-0.15, -0.1) is 10.2 Å². The van der Waals surface area contributed by atoms with Crippen LogP contribution >= 0.6 is 0 Å². The van der Waals surface area contributed by atoms with Gasteiger partial charge in [-0.25, -0.2) is 10.7 Å². The molecule has 102 valence electrons. The van der Waals surface area contributed by atoms with E-state index in [2.05, 4.69) is 25.6 Å². The summed E-state index contributed by atoms with van der Waals surface area (Å²) in [5.74, 6) is 5.26. The summed E-state index contributed by atoms with van der Waals surface area (Å²) < 4.78 is 5.06. The van der Waals surface area contributed by atoms with Crippen LogP contribution < -0.4 is 11.2 Å². The van der Waals surface area contributed by atoms with E-state index in [1.165, 1.54) is 4.80 Å². The third-order valence-corrected chi connectivity index (χ3v) is 1.69. The number of carbonyl (C=O) groups excluding carboxylic acids is 1. The number of nitrogens with one attached hydrogen (secondary N) is 1. The molecule has 0 aliphatic rings. The summed E-state index contributed by atoms with van der Waals surface area (Å²) in [6.07, 6.45) is -0.524. The fraction of sp³-hybridized carbons (Fsp3) is 0.778. The van der Waals surface area contributed by atoms with Crippen LogP contribution in [0, 0.1) is 0 Å². The fourth-order valence-corrected chi connectivity index (χ4v) is 1.04. The van der Waals surface area contributed by atoms with Crippen molar-refractivity contribution in [2.75, 3.05) is 6.61 Å². The minimum Gasteiger partial charge on any atom is -0.444 e. The van der Waals surface area contributed by atoms with Gasteiger partial charge in [-0.1, -0.05) is 0 Å². The molecule has 0 radical (unpaired) electrons. The first-order valence-corrected chi connectivity index (χ1v) is 5.46. The summed E-state index contributed by atoms with van der Waals surface area (Å²) in [4.78, 5) is 17.1. The second-order valence-corrected chi connectivity index (χ2v) is 4.53. The Balaban J connectivity index is 2.35. The lowest BCUT2D eigenvalue weighted by Crippen LogP contribution is -2.32. The lowest BCUT2D eigenvalue weighted by Gasteiger charge is -2.19. The van der Waals surface area contributed by atoms with Crippen molar-refractivity contribution in [2.24, 2.45) is 5.90 Å². The second-order valence-electron chi connectivity index (χ2n) is 4.53. The summed E-state index contributed by atoms with van der Waals surface area (Å²) in [7, 11) is 0. The Bertz CT molecular complexity index is 386. The van der Waals surface area contributed by atoms with Gasteiger partial charge in [0.1, 0.15) is 5.60 Å².